The van der Waals surface area contributed by atoms with Crippen molar-refractivity contribution in [2.24, 2.45) is 0 Å². The highest BCUT2D eigenvalue weighted by atomic mass is 35.5. The molecule has 0 aliphatic rings. The first-order valence-corrected chi connectivity index (χ1v) is 5.43. The first-order valence-electron chi connectivity index (χ1n) is 5.05. The molecule has 0 saturated carbocycles. The number of benzene rings is 1. The lowest BCUT2D eigenvalue weighted by molar-refractivity contribution is 0.416. The second kappa shape index (κ2) is 4.59. The summed E-state index contributed by atoms with van der Waals surface area (Å²) in [6.07, 6.45) is 0. The molecule has 2 rings (SSSR count). The van der Waals surface area contributed by atoms with Crippen LogP contribution in [0.3, 0.4) is 0 Å². The molecule has 1 aromatic carbocycles. The number of nitrogen functional groups attached to an aromatic ring is 1. The molecule has 0 bridgehead atoms. The van der Waals surface area contributed by atoms with E-state index in [-0.39, 0.29) is 0 Å². The lowest BCUT2D eigenvalue weighted by Crippen LogP contribution is -1.98. The van der Waals surface area contributed by atoms with Crippen molar-refractivity contribution in [2.45, 2.75) is 6.92 Å². The summed E-state index contributed by atoms with van der Waals surface area (Å²) in [6, 6.07) is 7.51. The summed E-state index contributed by atoms with van der Waals surface area (Å²) >= 11 is 5.83. The maximum absolute atomic E-state index is 5.83. The highest BCUT2D eigenvalue weighted by molar-refractivity contribution is 6.29. The van der Waals surface area contributed by atoms with E-state index in [1.54, 1.807) is 13.2 Å². The number of aromatic nitrogens is 2. The zero-order chi connectivity index (χ0) is 12.4. The van der Waals surface area contributed by atoms with Gasteiger partial charge in [-0.15, -0.1) is 10.2 Å². The molecule has 0 fully saturated rings. The average molecular weight is 250 g/mol. The number of halogens is 1. The molecule has 0 saturated heterocycles. The second-order valence-electron chi connectivity index (χ2n) is 3.67. The van der Waals surface area contributed by atoms with Crippen LogP contribution in [0, 0.1) is 6.92 Å². The van der Waals surface area contributed by atoms with Gasteiger partial charge in [0.2, 0.25) is 0 Å². The smallest absolute Gasteiger partial charge is 0.154 e. The zero-order valence-electron chi connectivity index (χ0n) is 9.57. The molecule has 0 atom stereocenters. The monoisotopic (exact) mass is 249 g/mol. The van der Waals surface area contributed by atoms with Crippen molar-refractivity contribution >= 4 is 17.4 Å². The molecule has 0 aliphatic heterocycles. The fourth-order valence-electron chi connectivity index (χ4n) is 1.63. The van der Waals surface area contributed by atoms with Gasteiger partial charge in [-0.3, -0.25) is 0 Å². The van der Waals surface area contributed by atoms with Crippen LogP contribution in [0.4, 0.5) is 5.82 Å². The Morgan fingerprint density at radius 2 is 1.94 bits per heavy atom. The van der Waals surface area contributed by atoms with E-state index in [9.17, 15) is 0 Å². The number of methoxy groups -OCH3 is 1. The number of nitrogens with zero attached hydrogens (tertiary/aromatic N) is 2. The van der Waals surface area contributed by atoms with Crippen molar-refractivity contribution in [3.63, 3.8) is 0 Å². The fraction of sp³-hybridized carbons (Fsp3) is 0.167. The molecule has 4 nitrogen and oxygen atoms in total. The number of nitrogens with two attached hydrogens (primary N) is 1. The van der Waals surface area contributed by atoms with Crippen LogP contribution < -0.4 is 10.5 Å². The molecule has 17 heavy (non-hydrogen) atoms. The van der Waals surface area contributed by atoms with Crippen LogP contribution in [0.25, 0.3) is 11.1 Å². The van der Waals surface area contributed by atoms with Gasteiger partial charge in [0.05, 0.1) is 7.11 Å². The maximum Gasteiger partial charge on any atom is 0.154 e. The second-order valence-corrected chi connectivity index (χ2v) is 4.06. The summed E-state index contributed by atoms with van der Waals surface area (Å²) in [7, 11) is 1.61. The topological polar surface area (TPSA) is 61.0 Å². The predicted molar refractivity (Wildman–Crippen MR) is 68.2 cm³/mol. The van der Waals surface area contributed by atoms with E-state index < -0.39 is 0 Å². The molecule has 5 heteroatoms. The van der Waals surface area contributed by atoms with Gasteiger partial charge in [0.25, 0.3) is 0 Å². The van der Waals surface area contributed by atoms with E-state index in [1.807, 2.05) is 25.1 Å². The highest BCUT2D eigenvalue weighted by Crippen LogP contribution is 2.34. The minimum atomic E-state index is 0.303. The predicted octanol–water partition coefficient (Wildman–Crippen LogP) is 2.70. The van der Waals surface area contributed by atoms with Crippen molar-refractivity contribution in [3.05, 3.63) is 35.0 Å². The largest absolute Gasteiger partial charge is 0.496 e. The lowest BCUT2D eigenvalue weighted by atomic mass is 10.0. The number of ether oxygens (including phenoxy) is 1. The quantitative estimate of drug-likeness (QED) is 0.889. The van der Waals surface area contributed by atoms with Crippen molar-refractivity contribution in [1.82, 2.24) is 10.2 Å². The molecule has 1 heterocycles. The molecule has 0 aliphatic carbocycles. The van der Waals surface area contributed by atoms with Crippen molar-refractivity contribution < 1.29 is 4.74 Å². The fourth-order valence-corrected chi connectivity index (χ4v) is 1.77. The molecule has 2 aromatic rings. The Morgan fingerprint density at radius 1 is 1.18 bits per heavy atom. The Hall–Kier alpha value is -1.81. The zero-order valence-corrected chi connectivity index (χ0v) is 10.3. The Balaban J connectivity index is 2.66. The van der Waals surface area contributed by atoms with Crippen molar-refractivity contribution in [2.75, 3.05) is 12.8 Å². The molecule has 1 aromatic heterocycles. The SMILES string of the molecule is COc1ccc(C)cc1-c1cc(Cl)nnc1N. The van der Waals surface area contributed by atoms with E-state index in [4.69, 9.17) is 22.1 Å². The highest BCUT2D eigenvalue weighted by Gasteiger charge is 2.11. The van der Waals surface area contributed by atoms with Gasteiger partial charge in [-0.1, -0.05) is 23.2 Å². The minimum Gasteiger partial charge on any atom is -0.496 e. The normalized spacial score (nSPS) is 10.3. The first kappa shape index (κ1) is 11.7. The van der Waals surface area contributed by atoms with Gasteiger partial charge in [-0.25, -0.2) is 0 Å². The minimum absolute atomic E-state index is 0.303. The Morgan fingerprint density at radius 3 is 2.65 bits per heavy atom. The molecule has 2 N–H and O–H groups in total. The van der Waals surface area contributed by atoms with Gasteiger partial charge < -0.3 is 10.5 Å². The molecule has 0 spiro atoms. The van der Waals surface area contributed by atoms with E-state index in [1.165, 1.54) is 0 Å². The van der Waals surface area contributed by atoms with Crippen LogP contribution in [0.2, 0.25) is 5.15 Å². The number of hydrogen-bond donors (Lipinski definition) is 1. The van der Waals surface area contributed by atoms with Crippen LogP contribution >= 0.6 is 11.6 Å². The summed E-state index contributed by atoms with van der Waals surface area (Å²) in [5, 5.41) is 7.80. The lowest BCUT2D eigenvalue weighted by Gasteiger charge is -2.10. The summed E-state index contributed by atoms with van der Waals surface area (Å²) in [4.78, 5) is 0. The van der Waals surface area contributed by atoms with Crippen LogP contribution in [-0.2, 0) is 0 Å². The molecule has 0 unspecified atom stereocenters. The summed E-state index contributed by atoms with van der Waals surface area (Å²) < 4.78 is 5.30. The van der Waals surface area contributed by atoms with Gasteiger partial charge in [0.1, 0.15) is 5.75 Å². The van der Waals surface area contributed by atoms with Gasteiger partial charge in [-0.2, -0.15) is 0 Å². The maximum atomic E-state index is 5.83. The van der Waals surface area contributed by atoms with E-state index in [0.29, 0.717) is 11.0 Å². The van der Waals surface area contributed by atoms with Gasteiger partial charge in [0, 0.05) is 11.1 Å². The standard InChI is InChI=1S/C12H12ClN3O/c1-7-3-4-10(17-2)8(5-7)9-6-11(13)15-16-12(9)14/h3-6H,1-2H3,(H2,14,16). The number of rotatable bonds is 2. The van der Waals surface area contributed by atoms with Gasteiger partial charge >= 0.3 is 0 Å². The van der Waals surface area contributed by atoms with Crippen molar-refractivity contribution in [3.8, 4) is 16.9 Å². The Kier molecular flexibility index (Phi) is 3.15. The van der Waals surface area contributed by atoms with Gasteiger partial charge in [-0.05, 0) is 25.1 Å². The third kappa shape index (κ3) is 2.31. The number of hydrogen-bond acceptors (Lipinski definition) is 4. The number of aryl methyl sites for hydroxylation is 1. The summed E-state index contributed by atoms with van der Waals surface area (Å²) in [6.45, 7) is 2.00. The molecule has 0 amide bonds. The summed E-state index contributed by atoms with van der Waals surface area (Å²) in [5.41, 5.74) is 8.50. The Bertz CT molecular complexity index is 557. The third-order valence-electron chi connectivity index (χ3n) is 2.44. The molecular weight excluding hydrogens is 238 g/mol. The first-order chi connectivity index (χ1) is 8.11. The molecule has 0 radical (unpaired) electrons. The third-order valence-corrected chi connectivity index (χ3v) is 2.62. The van der Waals surface area contributed by atoms with Gasteiger partial charge in [0.15, 0.2) is 11.0 Å². The van der Waals surface area contributed by atoms with Crippen LogP contribution in [0.1, 0.15) is 5.56 Å². The van der Waals surface area contributed by atoms with Crippen LogP contribution in [0.15, 0.2) is 24.3 Å². The van der Waals surface area contributed by atoms with E-state index in [2.05, 4.69) is 10.2 Å². The van der Waals surface area contributed by atoms with Crippen LogP contribution in [0.5, 0.6) is 5.75 Å². The van der Waals surface area contributed by atoms with Crippen molar-refractivity contribution in [1.29, 1.82) is 0 Å². The Labute approximate surface area is 104 Å². The molecular formula is C12H12ClN3O. The average Bonchev–Trinajstić information content (AvgIpc) is 2.32. The van der Waals surface area contributed by atoms with Crippen LogP contribution in [-0.4, -0.2) is 17.3 Å². The number of anilines is 1. The van der Waals surface area contributed by atoms with E-state index >= 15 is 0 Å². The summed E-state index contributed by atoms with van der Waals surface area (Å²) in [5.74, 6) is 1.06. The van der Waals surface area contributed by atoms with E-state index in [0.717, 1.165) is 22.4 Å². The molecule has 88 valence electrons.